The molecule has 1 aliphatic heterocycles. The predicted molar refractivity (Wildman–Crippen MR) is 68.7 cm³/mol. The molecule has 3 rings (SSSR count). The molecule has 2 heterocycles. The van der Waals surface area contributed by atoms with Crippen molar-refractivity contribution in [3.05, 3.63) is 34.5 Å². The maximum absolute atomic E-state index is 11.8. The van der Waals surface area contributed by atoms with E-state index in [2.05, 4.69) is 18.3 Å². The number of nitrogens with zero attached hydrogens (tertiary/aromatic N) is 1. The van der Waals surface area contributed by atoms with Crippen LogP contribution in [-0.4, -0.2) is 17.0 Å². The smallest absolute Gasteiger partial charge is 0.268 e. The monoisotopic (exact) mass is 248 g/mol. The molecule has 0 spiro atoms. The van der Waals surface area contributed by atoms with Crippen LogP contribution in [-0.2, 0) is 0 Å². The Labute approximate surface area is 104 Å². The number of halogens is 1. The number of fused-ring (bicyclic) bond motifs is 3. The van der Waals surface area contributed by atoms with E-state index >= 15 is 0 Å². The number of hydrogen-bond donors (Lipinski definition) is 1. The molecular weight excluding hydrogens is 236 g/mol. The van der Waals surface area contributed by atoms with Crippen LogP contribution in [0.3, 0.4) is 0 Å². The lowest BCUT2D eigenvalue weighted by molar-refractivity contribution is 0.0919. The number of amides is 1. The van der Waals surface area contributed by atoms with Crippen molar-refractivity contribution in [1.82, 2.24) is 9.88 Å². The Kier molecular flexibility index (Phi) is 2.20. The third kappa shape index (κ3) is 1.46. The first-order valence-electron chi connectivity index (χ1n) is 5.67. The summed E-state index contributed by atoms with van der Waals surface area (Å²) < 4.78 is 2.04. The Morgan fingerprint density at radius 2 is 2.18 bits per heavy atom. The molecule has 0 saturated heterocycles. The molecule has 0 aliphatic carbocycles. The first kappa shape index (κ1) is 10.7. The second kappa shape index (κ2) is 3.50. The van der Waals surface area contributed by atoms with Gasteiger partial charge in [-0.2, -0.15) is 0 Å². The average Bonchev–Trinajstić information content (AvgIpc) is 2.64. The zero-order valence-corrected chi connectivity index (χ0v) is 10.5. The molecule has 1 aliphatic rings. The van der Waals surface area contributed by atoms with E-state index in [1.807, 2.05) is 23.6 Å². The predicted octanol–water partition coefficient (Wildman–Crippen LogP) is 2.91. The summed E-state index contributed by atoms with van der Waals surface area (Å²) in [5.41, 5.74) is 2.78. The van der Waals surface area contributed by atoms with Gasteiger partial charge in [-0.25, -0.2) is 0 Å². The van der Waals surface area contributed by atoms with Crippen molar-refractivity contribution in [3.8, 4) is 0 Å². The van der Waals surface area contributed by atoms with E-state index < -0.39 is 0 Å². The van der Waals surface area contributed by atoms with Crippen molar-refractivity contribution >= 4 is 28.4 Å². The van der Waals surface area contributed by atoms with Gasteiger partial charge >= 0.3 is 0 Å². The summed E-state index contributed by atoms with van der Waals surface area (Å²) in [5, 5.41) is 4.63. The molecule has 17 heavy (non-hydrogen) atoms. The van der Waals surface area contributed by atoms with E-state index in [-0.39, 0.29) is 11.9 Å². The van der Waals surface area contributed by atoms with Gasteiger partial charge in [0.05, 0.1) is 10.5 Å². The summed E-state index contributed by atoms with van der Waals surface area (Å²) in [6.45, 7) is 4.74. The van der Waals surface area contributed by atoms with Crippen LogP contribution in [0.4, 0.5) is 0 Å². The maximum atomic E-state index is 11.8. The second-order valence-electron chi connectivity index (χ2n) is 4.64. The summed E-state index contributed by atoms with van der Waals surface area (Å²) in [5.74, 6) is -0.0204. The zero-order valence-electron chi connectivity index (χ0n) is 9.75. The highest BCUT2D eigenvalue weighted by Gasteiger charge is 2.25. The van der Waals surface area contributed by atoms with Gasteiger partial charge in [-0.15, -0.1) is 0 Å². The topological polar surface area (TPSA) is 34.0 Å². The number of carbonyl (C=O) groups excluding carboxylic acids is 1. The van der Waals surface area contributed by atoms with Crippen LogP contribution in [0.15, 0.2) is 18.2 Å². The summed E-state index contributed by atoms with van der Waals surface area (Å²) in [6.07, 6.45) is 0. The van der Waals surface area contributed by atoms with Gasteiger partial charge in [0.2, 0.25) is 0 Å². The number of aryl methyl sites for hydroxylation is 1. The first-order chi connectivity index (χ1) is 8.08. The van der Waals surface area contributed by atoms with E-state index in [0.717, 1.165) is 16.5 Å². The Bertz CT molecular complexity index is 630. The molecule has 1 amide bonds. The lowest BCUT2D eigenvalue weighted by atomic mass is 10.2. The quantitative estimate of drug-likeness (QED) is 0.764. The summed E-state index contributed by atoms with van der Waals surface area (Å²) >= 11 is 6.30. The standard InChI is InChI=1S/C13H13ClN2O/c1-7-3-9-5-11-13(17)15-6-8(2)16(11)12(9)10(14)4-7/h3-5,8H,6H2,1-2H3,(H,15,17)/t8-/m1/s1. The molecular formula is C13H13ClN2O. The van der Waals surface area contributed by atoms with Gasteiger partial charge in [-0.1, -0.05) is 11.6 Å². The van der Waals surface area contributed by atoms with Crippen molar-refractivity contribution in [1.29, 1.82) is 0 Å². The van der Waals surface area contributed by atoms with E-state index in [9.17, 15) is 4.79 Å². The molecule has 0 bridgehead atoms. The molecule has 2 aromatic rings. The third-order valence-corrected chi connectivity index (χ3v) is 3.55. The Hall–Kier alpha value is -1.48. The van der Waals surface area contributed by atoms with Crippen LogP contribution >= 0.6 is 11.6 Å². The molecule has 1 atom stereocenters. The molecule has 0 saturated carbocycles. The SMILES string of the molecule is Cc1cc(Cl)c2c(c1)cc1n2[C@H](C)CNC1=O. The van der Waals surface area contributed by atoms with Gasteiger partial charge in [0.15, 0.2) is 0 Å². The van der Waals surface area contributed by atoms with Gasteiger partial charge < -0.3 is 9.88 Å². The minimum atomic E-state index is -0.0204. The Morgan fingerprint density at radius 1 is 1.41 bits per heavy atom. The van der Waals surface area contributed by atoms with Crippen molar-refractivity contribution < 1.29 is 4.79 Å². The fourth-order valence-corrected chi connectivity index (χ4v) is 2.89. The highest BCUT2D eigenvalue weighted by Crippen LogP contribution is 2.32. The van der Waals surface area contributed by atoms with E-state index in [1.165, 1.54) is 0 Å². The number of rotatable bonds is 0. The Morgan fingerprint density at radius 3 is 2.94 bits per heavy atom. The number of carbonyl (C=O) groups is 1. The first-order valence-corrected chi connectivity index (χ1v) is 6.05. The molecule has 0 radical (unpaired) electrons. The molecule has 3 nitrogen and oxygen atoms in total. The second-order valence-corrected chi connectivity index (χ2v) is 5.05. The molecule has 0 fully saturated rings. The number of benzene rings is 1. The van der Waals surface area contributed by atoms with E-state index in [4.69, 9.17) is 11.6 Å². The number of nitrogens with one attached hydrogen (secondary N) is 1. The van der Waals surface area contributed by atoms with Gasteiger partial charge in [0, 0.05) is 18.0 Å². The third-order valence-electron chi connectivity index (χ3n) is 3.26. The number of hydrogen-bond acceptors (Lipinski definition) is 1. The van der Waals surface area contributed by atoms with Crippen molar-refractivity contribution in [2.45, 2.75) is 19.9 Å². The number of aromatic nitrogens is 1. The highest BCUT2D eigenvalue weighted by molar-refractivity contribution is 6.35. The summed E-state index contributed by atoms with van der Waals surface area (Å²) in [7, 11) is 0. The van der Waals surface area contributed by atoms with Crippen LogP contribution in [0.1, 0.15) is 29.0 Å². The molecule has 1 aromatic heterocycles. The van der Waals surface area contributed by atoms with E-state index in [1.54, 1.807) is 0 Å². The van der Waals surface area contributed by atoms with Gasteiger partial charge in [0.1, 0.15) is 5.69 Å². The average molecular weight is 249 g/mol. The van der Waals surface area contributed by atoms with Crippen LogP contribution in [0.5, 0.6) is 0 Å². The summed E-state index contributed by atoms with van der Waals surface area (Å²) in [4.78, 5) is 11.8. The van der Waals surface area contributed by atoms with Crippen LogP contribution in [0, 0.1) is 6.92 Å². The highest BCUT2D eigenvalue weighted by atomic mass is 35.5. The van der Waals surface area contributed by atoms with Crippen LogP contribution in [0.2, 0.25) is 5.02 Å². The lowest BCUT2D eigenvalue weighted by Gasteiger charge is -2.24. The fraction of sp³-hybridized carbons (Fsp3) is 0.308. The van der Waals surface area contributed by atoms with Gasteiger partial charge in [0.25, 0.3) is 5.91 Å². The minimum absolute atomic E-state index is 0.0204. The largest absolute Gasteiger partial charge is 0.349 e. The van der Waals surface area contributed by atoms with E-state index in [0.29, 0.717) is 17.3 Å². The van der Waals surface area contributed by atoms with Crippen molar-refractivity contribution in [2.75, 3.05) is 6.54 Å². The molecule has 4 heteroatoms. The maximum Gasteiger partial charge on any atom is 0.268 e. The van der Waals surface area contributed by atoms with Crippen LogP contribution < -0.4 is 5.32 Å². The van der Waals surface area contributed by atoms with Gasteiger partial charge in [-0.05, 0) is 37.6 Å². The van der Waals surface area contributed by atoms with Gasteiger partial charge in [-0.3, -0.25) is 4.79 Å². The molecule has 1 N–H and O–H groups in total. The lowest BCUT2D eigenvalue weighted by Crippen LogP contribution is -2.37. The minimum Gasteiger partial charge on any atom is -0.349 e. The molecule has 1 aromatic carbocycles. The normalized spacial score (nSPS) is 19.2. The zero-order chi connectivity index (χ0) is 12.2. The van der Waals surface area contributed by atoms with Crippen molar-refractivity contribution in [3.63, 3.8) is 0 Å². The fourth-order valence-electron chi connectivity index (χ4n) is 2.52. The van der Waals surface area contributed by atoms with Crippen molar-refractivity contribution in [2.24, 2.45) is 0 Å². The van der Waals surface area contributed by atoms with Crippen LogP contribution in [0.25, 0.3) is 10.9 Å². The summed E-state index contributed by atoms with van der Waals surface area (Å²) in [6, 6.07) is 6.16. The molecule has 0 unspecified atom stereocenters. The Balaban J connectivity index is 2.42. The molecule has 88 valence electrons.